The highest BCUT2D eigenvalue weighted by atomic mass is 16.3. The van der Waals surface area contributed by atoms with Crippen molar-refractivity contribution in [1.82, 2.24) is 9.97 Å². The van der Waals surface area contributed by atoms with Crippen molar-refractivity contribution < 1.29 is 4.42 Å². The molecule has 3 heterocycles. The number of aromatic nitrogens is 2. The van der Waals surface area contributed by atoms with Gasteiger partial charge in [-0.3, -0.25) is 9.97 Å². The molecule has 0 fully saturated rings. The van der Waals surface area contributed by atoms with Crippen molar-refractivity contribution in [3.63, 3.8) is 0 Å². The molecule has 19 aromatic carbocycles. The van der Waals surface area contributed by atoms with E-state index in [1.165, 1.54) is 175 Å². The molecule has 2 aliphatic carbocycles. The van der Waals surface area contributed by atoms with Crippen LogP contribution in [-0.4, -0.2) is 9.97 Å². The molecular formula is C107H64N2O. The van der Waals surface area contributed by atoms with Gasteiger partial charge >= 0.3 is 0 Å². The first kappa shape index (κ1) is 61.9. The molecule has 110 heavy (non-hydrogen) atoms. The van der Waals surface area contributed by atoms with Crippen LogP contribution in [0.1, 0.15) is 22.3 Å². The van der Waals surface area contributed by atoms with Gasteiger partial charge in [-0.25, -0.2) is 0 Å². The van der Waals surface area contributed by atoms with Gasteiger partial charge in [0, 0.05) is 45.4 Å². The Balaban J connectivity index is 0.000000133. The first-order valence-corrected chi connectivity index (χ1v) is 38.0. The molecule has 3 aromatic heterocycles. The van der Waals surface area contributed by atoms with E-state index in [4.69, 9.17) is 14.4 Å². The van der Waals surface area contributed by atoms with Gasteiger partial charge in [0.15, 0.2) is 0 Å². The van der Waals surface area contributed by atoms with Crippen LogP contribution in [0.25, 0.3) is 208 Å². The van der Waals surface area contributed by atoms with Gasteiger partial charge in [0.05, 0.1) is 16.8 Å². The number of hydrogen-bond donors (Lipinski definition) is 0. The van der Waals surface area contributed by atoms with Crippen LogP contribution in [0.4, 0.5) is 0 Å². The van der Waals surface area contributed by atoms with Crippen LogP contribution in [0.5, 0.6) is 0 Å². The second-order valence-corrected chi connectivity index (χ2v) is 29.6. The normalized spacial score (nSPS) is 12.6. The van der Waals surface area contributed by atoms with Crippen LogP contribution in [0.15, 0.2) is 393 Å². The summed E-state index contributed by atoms with van der Waals surface area (Å²) >= 11 is 0. The Kier molecular flexibility index (Phi) is 13.7. The van der Waals surface area contributed by atoms with Crippen molar-refractivity contribution in [2.24, 2.45) is 0 Å². The monoisotopic (exact) mass is 1390 g/mol. The molecule has 0 amide bonds. The molecule has 508 valence electrons. The van der Waals surface area contributed by atoms with Crippen LogP contribution < -0.4 is 0 Å². The highest BCUT2D eigenvalue weighted by molar-refractivity contribution is 6.28. The summed E-state index contributed by atoms with van der Waals surface area (Å²) in [5.41, 5.74) is 25.8. The number of furan rings is 1. The number of nitrogens with zero attached hydrogens (tertiary/aromatic N) is 2. The van der Waals surface area contributed by atoms with Gasteiger partial charge in [0.2, 0.25) is 0 Å². The number of pyridine rings is 2. The summed E-state index contributed by atoms with van der Waals surface area (Å²) in [7, 11) is 0. The Hall–Kier alpha value is -14.4. The topological polar surface area (TPSA) is 38.9 Å². The fraction of sp³-hybridized carbons (Fsp3) is 0.00935. The lowest BCUT2D eigenvalue weighted by Crippen LogP contribution is -2.25. The van der Waals surface area contributed by atoms with Crippen molar-refractivity contribution in [3.05, 3.63) is 411 Å². The molecule has 0 N–H and O–H groups in total. The predicted octanol–water partition coefficient (Wildman–Crippen LogP) is 28.8. The van der Waals surface area contributed by atoms with E-state index in [1.54, 1.807) is 0 Å². The summed E-state index contributed by atoms with van der Waals surface area (Å²) < 4.78 is 6.28. The van der Waals surface area contributed by atoms with Crippen LogP contribution >= 0.6 is 0 Å². The van der Waals surface area contributed by atoms with E-state index in [1.807, 2.05) is 6.20 Å². The van der Waals surface area contributed by atoms with E-state index in [0.717, 1.165) is 55.6 Å². The quantitative estimate of drug-likeness (QED) is 0.123. The molecule has 0 aliphatic heterocycles. The summed E-state index contributed by atoms with van der Waals surface area (Å²) in [5.74, 6) is 0. The van der Waals surface area contributed by atoms with E-state index in [0.29, 0.717) is 0 Å². The van der Waals surface area contributed by atoms with Crippen molar-refractivity contribution >= 4 is 119 Å². The highest BCUT2D eigenvalue weighted by Gasteiger charge is 2.51. The van der Waals surface area contributed by atoms with Crippen LogP contribution in [-0.2, 0) is 5.41 Å². The molecule has 0 radical (unpaired) electrons. The van der Waals surface area contributed by atoms with Gasteiger partial charge in [-0.05, 0) is 236 Å². The van der Waals surface area contributed by atoms with Gasteiger partial charge in [-0.1, -0.05) is 315 Å². The van der Waals surface area contributed by atoms with E-state index >= 15 is 0 Å². The van der Waals surface area contributed by atoms with E-state index in [9.17, 15) is 0 Å². The molecule has 0 atom stereocenters. The third-order valence-corrected chi connectivity index (χ3v) is 24.0. The van der Waals surface area contributed by atoms with Gasteiger partial charge in [0.25, 0.3) is 0 Å². The summed E-state index contributed by atoms with van der Waals surface area (Å²) in [6, 6.07) is 138. The fourth-order valence-electron chi connectivity index (χ4n) is 19.3. The maximum atomic E-state index is 6.28. The Morgan fingerprint density at radius 1 is 0.182 bits per heavy atom. The van der Waals surface area contributed by atoms with Gasteiger partial charge in [-0.15, -0.1) is 0 Å². The zero-order valence-electron chi connectivity index (χ0n) is 59.8. The third-order valence-electron chi connectivity index (χ3n) is 24.0. The summed E-state index contributed by atoms with van der Waals surface area (Å²) in [6.45, 7) is 0. The van der Waals surface area contributed by atoms with Crippen LogP contribution in [0, 0.1) is 0 Å². The average molecular weight is 1390 g/mol. The van der Waals surface area contributed by atoms with Crippen LogP contribution in [0.3, 0.4) is 0 Å². The maximum absolute atomic E-state index is 6.28. The van der Waals surface area contributed by atoms with Gasteiger partial charge in [0.1, 0.15) is 11.2 Å². The lowest BCUT2D eigenvalue weighted by molar-refractivity contribution is 0.669. The SMILES string of the molecule is c1ccc2c(c1)-c1ccccc1C21c2ccccc2-c2ccc(-c3ccc(-c4c5ccccc5c(-c5cc6ccccc6c6ccccc56)c5ccccc45)cn3)cc21.c1ccc2cc3c(cc2c1)oc1ccc(-c2ccc(-c4c5ccccc5c(-c5cc6ccccc6c6ccccc56)c5ccccc45)cn2)cc13. The summed E-state index contributed by atoms with van der Waals surface area (Å²) in [6.07, 6.45) is 4.13. The lowest BCUT2D eigenvalue weighted by Gasteiger charge is -2.30. The molecule has 22 aromatic rings. The number of fused-ring (bicyclic) bond motifs is 24. The number of benzene rings is 19. The number of rotatable bonds is 6. The Labute approximate surface area is 634 Å². The van der Waals surface area contributed by atoms with Crippen molar-refractivity contribution in [1.29, 1.82) is 0 Å². The Morgan fingerprint density at radius 3 is 0.945 bits per heavy atom. The van der Waals surface area contributed by atoms with Gasteiger partial charge in [-0.2, -0.15) is 0 Å². The average Bonchev–Trinajstić information content (AvgIpc) is 1.51. The van der Waals surface area contributed by atoms with E-state index < -0.39 is 0 Å². The second kappa shape index (κ2) is 24.3. The largest absolute Gasteiger partial charge is 0.456 e. The lowest BCUT2D eigenvalue weighted by atomic mass is 9.70. The van der Waals surface area contributed by atoms with Crippen LogP contribution in [0.2, 0.25) is 0 Å². The zero-order valence-corrected chi connectivity index (χ0v) is 59.8. The highest BCUT2D eigenvalue weighted by Crippen LogP contribution is 2.63. The first-order valence-electron chi connectivity index (χ1n) is 38.0. The second-order valence-electron chi connectivity index (χ2n) is 29.6. The molecule has 0 bridgehead atoms. The zero-order chi connectivity index (χ0) is 72.1. The van der Waals surface area contributed by atoms with Crippen molar-refractivity contribution in [2.75, 3.05) is 0 Å². The maximum Gasteiger partial charge on any atom is 0.136 e. The first-order chi connectivity index (χ1) is 54.6. The molecule has 0 saturated heterocycles. The Bertz CT molecular complexity index is 7470. The fourth-order valence-corrected chi connectivity index (χ4v) is 19.3. The van der Waals surface area contributed by atoms with Crippen molar-refractivity contribution in [2.45, 2.75) is 5.41 Å². The molecule has 24 rings (SSSR count). The molecule has 3 heteroatoms. The molecule has 1 spiro atoms. The minimum absolute atomic E-state index is 0.384. The summed E-state index contributed by atoms with van der Waals surface area (Å²) in [5, 5.41) is 24.6. The minimum atomic E-state index is -0.384. The van der Waals surface area contributed by atoms with Gasteiger partial charge < -0.3 is 4.42 Å². The number of hydrogen-bond acceptors (Lipinski definition) is 3. The standard InChI is InChI=1S/C58H35N.C49H29NO/c1-2-16-39-36(15-1)33-50(41-18-4-3-17-40(39)41)57-48-24-7-5-22-46(48)56(47-23-6-8-25-49(47)57)38-30-32-55(59-35-38)37-29-31-45-44-21-11-14-28-53(44)58(54(45)34-37)51-26-12-9-19-42(51)43-20-10-13-27-52(43)58;1-2-12-31-28-47-43(25-30(31)11-1)42-27-33(22-24-46(42)51-47)45-23-21-34(29-50-45)48-38-17-7-9-19-40(38)49(41-20-10-8-18-39(41)48)44-26-32-13-3-4-14-35(32)36-15-5-6-16-37(36)44/h1-35H;1-29H. The predicted molar refractivity (Wildman–Crippen MR) is 462 cm³/mol. The third kappa shape index (κ3) is 9.19. The molecule has 2 aliphatic rings. The molecule has 3 nitrogen and oxygen atoms in total. The smallest absolute Gasteiger partial charge is 0.136 e. The van der Waals surface area contributed by atoms with E-state index in [2.05, 4.69) is 382 Å². The van der Waals surface area contributed by atoms with Crippen molar-refractivity contribution in [3.8, 4) is 89.3 Å². The molecular weight excluding hydrogens is 1330 g/mol. The minimum Gasteiger partial charge on any atom is -0.456 e. The molecule has 0 unspecified atom stereocenters. The molecule has 0 saturated carbocycles. The Morgan fingerprint density at radius 2 is 0.509 bits per heavy atom. The van der Waals surface area contributed by atoms with E-state index in [-0.39, 0.29) is 5.41 Å². The summed E-state index contributed by atoms with van der Waals surface area (Å²) in [4.78, 5) is 10.4.